The second-order valence-electron chi connectivity index (χ2n) is 23.7. The number of nitrogens with two attached hydrogens (primary N) is 1. The van der Waals surface area contributed by atoms with E-state index in [-0.39, 0.29) is 71.5 Å². The lowest BCUT2D eigenvalue weighted by Crippen LogP contribution is -2.50. The van der Waals surface area contributed by atoms with E-state index < -0.39 is 35.3 Å². The molecule has 6 N–H and O–H groups in total. The molecule has 2 spiro atoms. The van der Waals surface area contributed by atoms with E-state index in [2.05, 4.69) is 51.6 Å². The van der Waals surface area contributed by atoms with Crippen LogP contribution in [0, 0.1) is 22.7 Å². The predicted octanol–water partition coefficient (Wildman–Crippen LogP) is 11.8. The lowest BCUT2D eigenvalue weighted by molar-refractivity contribution is -0.191. The summed E-state index contributed by atoms with van der Waals surface area (Å²) in [5.74, 6) is -1.49. The van der Waals surface area contributed by atoms with Gasteiger partial charge >= 0.3 is 18.1 Å². The highest BCUT2D eigenvalue weighted by Gasteiger charge is 2.53. The Morgan fingerprint density at radius 1 is 0.667 bits per heavy atom. The third-order valence-electron chi connectivity index (χ3n) is 16.0. The van der Waals surface area contributed by atoms with Crippen molar-refractivity contribution in [3.63, 3.8) is 0 Å². The van der Waals surface area contributed by atoms with Gasteiger partial charge in [0.1, 0.15) is 22.7 Å². The molecule has 2 unspecified atom stereocenters. The van der Waals surface area contributed by atoms with Crippen LogP contribution in [0.3, 0.4) is 0 Å². The zero-order valence-corrected chi connectivity index (χ0v) is 52.9. The summed E-state index contributed by atoms with van der Waals surface area (Å²) in [4.78, 5) is 93.5. The standard InChI is InChI=1S/C31H37Cl2N3O5.C27H30Cl2N2O3.C3H9NO.CO2.ClH/c1-18(19-6-8-20(9-7-19)27(38)34-17-25(37)29(40)41-5)36-28(39)26(21-14-23(32)16-24(33)15-21)35-31(36)12-10-22(11-13-31)30(2,3)4;1-16(17-5-7-18(8-6-17)25(33)34)31-24(32)23(19-13-21(28)15-22(29)14-19)30-27(31)11-9-20(10-12-27)26(2,3)4;1-3(5)2-4;2-1-3;/h6-9,14-16,18,22,25,37H,10-13,17H2,1-5H3,(H,34,38);5-8,13-16,20H,9-12H2,1-4H3,(H,33,34);3,5H,2,4H2,1H3;;1H/t18-,22?,25?,31?;16-,20?,27?;;;/m11.../s1. The fourth-order valence-corrected chi connectivity index (χ4v) is 12.3. The van der Waals surface area contributed by atoms with Crippen LogP contribution in [0.4, 0.5) is 0 Å². The number of hydrogen-bond donors (Lipinski definition) is 5. The minimum atomic E-state index is -1.45. The van der Waals surface area contributed by atoms with Gasteiger partial charge in [0.05, 0.1) is 37.4 Å². The number of rotatable bonds is 12. The molecular weight excluding hydrogens is 1180 g/mol. The van der Waals surface area contributed by atoms with Crippen molar-refractivity contribution in [2.24, 2.45) is 38.4 Å². The Morgan fingerprint density at radius 3 is 1.27 bits per heavy atom. The number of hydrogen-bond acceptors (Lipinski definition) is 13. The molecule has 4 atom stereocenters. The maximum Gasteiger partial charge on any atom is 0.373 e. The molecule has 2 heterocycles. The Morgan fingerprint density at radius 2 is 0.988 bits per heavy atom. The number of aliphatic imine (C=N–C) groups is 2. The molecule has 2 fully saturated rings. The van der Waals surface area contributed by atoms with Crippen LogP contribution >= 0.6 is 58.8 Å². The van der Waals surface area contributed by atoms with Gasteiger partial charge < -0.3 is 40.9 Å². The maximum absolute atomic E-state index is 14.1. The summed E-state index contributed by atoms with van der Waals surface area (Å²) in [6, 6.07) is 23.2. The Kier molecular flexibility index (Phi) is 25.3. The molecule has 8 rings (SSSR count). The van der Waals surface area contributed by atoms with E-state index >= 15 is 0 Å². The summed E-state index contributed by atoms with van der Waals surface area (Å²) in [6.07, 6.45) is 5.35. The van der Waals surface area contributed by atoms with Crippen LogP contribution in [0.1, 0.15) is 169 Å². The summed E-state index contributed by atoms with van der Waals surface area (Å²) in [5.41, 5.74) is 8.20. The average molecular weight is 1260 g/mol. The van der Waals surface area contributed by atoms with Crippen molar-refractivity contribution in [2.45, 2.75) is 149 Å². The first-order valence-electron chi connectivity index (χ1n) is 27.5. The van der Waals surface area contributed by atoms with Crippen LogP contribution < -0.4 is 11.1 Å². The van der Waals surface area contributed by atoms with Crippen molar-refractivity contribution in [1.29, 1.82) is 0 Å². The highest BCUT2D eigenvalue weighted by atomic mass is 35.5. The fraction of sp³-hybridized carbons (Fsp3) is 0.484. The molecule has 0 radical (unpaired) electrons. The summed E-state index contributed by atoms with van der Waals surface area (Å²) < 4.78 is 4.47. The molecule has 0 saturated heterocycles. The number of methoxy groups -OCH3 is 1. The fourth-order valence-electron chi connectivity index (χ4n) is 11.3. The Hall–Kier alpha value is -5.72. The largest absolute Gasteiger partial charge is 0.478 e. The topological polar surface area (TPSA) is 259 Å². The molecule has 17 nitrogen and oxygen atoms in total. The van der Waals surface area contributed by atoms with E-state index in [0.717, 1.165) is 69.6 Å². The number of carboxylic acids is 1. The molecular formula is C62H77Cl5N6O11. The number of nitrogens with zero attached hydrogens (tertiary/aromatic N) is 4. The summed E-state index contributed by atoms with van der Waals surface area (Å²) in [6.45, 7) is 19.3. The normalized spacial score (nSPS) is 21.5. The minimum absolute atomic E-state index is 0. The third kappa shape index (κ3) is 17.5. The van der Waals surface area contributed by atoms with Crippen LogP contribution in [0.15, 0.2) is 94.9 Å². The predicted molar refractivity (Wildman–Crippen MR) is 328 cm³/mol. The summed E-state index contributed by atoms with van der Waals surface area (Å²) >= 11 is 25.1. The zero-order valence-electron chi connectivity index (χ0n) is 49.0. The lowest BCUT2D eigenvalue weighted by Gasteiger charge is -2.46. The van der Waals surface area contributed by atoms with Gasteiger partial charge in [-0.25, -0.2) is 9.59 Å². The number of ether oxygens (including phenoxy) is 1. The SMILES string of the molecule is CC(O)CN.COC(=O)C(O)CNC(=O)c1ccc([C@@H](C)N2C(=O)C(c3cc(Cl)cc(Cl)c3)=NC23CCC(C(C)(C)C)CC3)cc1.C[C@H](c1ccc(C(=O)O)cc1)N1C(=O)C(c2cc(Cl)cc(Cl)c2)=NC12CCC(C(C)(C)C)CC2.Cl.O=C=O. The van der Waals surface area contributed by atoms with Gasteiger partial charge in [-0.3, -0.25) is 24.4 Å². The van der Waals surface area contributed by atoms with E-state index in [1.807, 2.05) is 35.8 Å². The number of aliphatic hydroxyl groups is 2. The number of carbonyl (C=O) groups is 5. The number of carbonyl (C=O) groups excluding carboxylic acids is 6. The maximum atomic E-state index is 14.1. The van der Waals surface area contributed by atoms with Crippen LogP contribution in [-0.2, 0) is 28.7 Å². The number of amides is 3. The highest BCUT2D eigenvalue weighted by molar-refractivity contribution is 6.48. The van der Waals surface area contributed by atoms with Gasteiger partial charge in [-0.2, -0.15) is 9.59 Å². The summed E-state index contributed by atoms with van der Waals surface area (Å²) in [5, 5.41) is 31.6. The van der Waals surface area contributed by atoms with Gasteiger partial charge in [0.15, 0.2) is 6.10 Å². The highest BCUT2D eigenvalue weighted by Crippen LogP contribution is 2.51. The number of benzene rings is 4. The average Bonchev–Trinajstić information content (AvgIpc) is 2.35. The smallest absolute Gasteiger partial charge is 0.373 e. The molecule has 0 aromatic heterocycles. The van der Waals surface area contributed by atoms with Crippen LogP contribution in [0.2, 0.25) is 20.1 Å². The number of nitrogens with one attached hydrogen (secondary N) is 1. The van der Waals surface area contributed by atoms with Crippen molar-refractivity contribution in [1.82, 2.24) is 15.1 Å². The molecule has 456 valence electrons. The minimum Gasteiger partial charge on any atom is -0.478 e. The van der Waals surface area contributed by atoms with Gasteiger partial charge in [0, 0.05) is 43.3 Å². The van der Waals surface area contributed by atoms with Gasteiger partial charge in [-0.15, -0.1) is 12.4 Å². The molecule has 4 aromatic carbocycles. The zero-order chi connectivity index (χ0) is 61.9. The van der Waals surface area contributed by atoms with Crippen LogP contribution in [0.25, 0.3) is 0 Å². The number of aromatic carboxylic acids is 1. The Labute approximate surface area is 518 Å². The number of halogens is 5. The van der Waals surface area contributed by atoms with Crippen molar-refractivity contribution in [3.05, 3.63) is 138 Å². The van der Waals surface area contributed by atoms with Crippen LogP contribution in [0.5, 0.6) is 0 Å². The van der Waals surface area contributed by atoms with Gasteiger partial charge in [-0.05, 0) is 167 Å². The summed E-state index contributed by atoms with van der Waals surface area (Å²) in [7, 11) is 1.16. The number of aliphatic hydroxyl groups excluding tert-OH is 2. The first-order valence-corrected chi connectivity index (χ1v) is 29.0. The monoisotopic (exact) mass is 1260 g/mol. The van der Waals surface area contributed by atoms with E-state index in [4.69, 9.17) is 76.8 Å². The molecule has 2 aliphatic heterocycles. The van der Waals surface area contributed by atoms with E-state index in [0.29, 0.717) is 66.6 Å². The molecule has 3 amide bonds. The molecule has 0 bridgehead atoms. The molecule has 84 heavy (non-hydrogen) atoms. The van der Waals surface area contributed by atoms with Crippen molar-refractivity contribution >= 4 is 106 Å². The third-order valence-corrected chi connectivity index (χ3v) is 16.9. The van der Waals surface area contributed by atoms with E-state index in [1.165, 1.54) is 0 Å². The number of esters is 1. The van der Waals surface area contributed by atoms with Gasteiger partial charge in [-0.1, -0.05) is 112 Å². The lowest BCUT2D eigenvalue weighted by atomic mass is 9.69. The molecule has 22 heteroatoms. The van der Waals surface area contributed by atoms with E-state index in [9.17, 15) is 34.2 Å². The quantitative estimate of drug-likeness (QED) is 0.0830. The van der Waals surface area contributed by atoms with Crippen LogP contribution in [-0.4, -0.2) is 116 Å². The molecule has 2 aliphatic carbocycles. The molecule has 4 aliphatic rings. The second kappa shape index (κ2) is 30.1. The Bertz CT molecular complexity index is 3030. The van der Waals surface area contributed by atoms with Crippen molar-refractivity contribution in [2.75, 3.05) is 20.2 Å². The van der Waals surface area contributed by atoms with Crippen molar-refractivity contribution in [3.8, 4) is 0 Å². The van der Waals surface area contributed by atoms with Gasteiger partial charge in [0.25, 0.3) is 17.7 Å². The number of carboxylic acid groups (broad SMARTS) is 1. The van der Waals surface area contributed by atoms with E-state index in [1.54, 1.807) is 79.7 Å². The van der Waals surface area contributed by atoms with Crippen molar-refractivity contribution < 1.29 is 53.6 Å². The second-order valence-corrected chi connectivity index (χ2v) is 25.4. The molecule has 2 saturated carbocycles. The first kappa shape index (κ1) is 70.8. The first-order chi connectivity index (χ1) is 38.8. The molecule has 4 aromatic rings. The van der Waals surface area contributed by atoms with Gasteiger partial charge in [0.2, 0.25) is 0 Å². The Balaban J connectivity index is 0.000000320.